The zero-order valence-electron chi connectivity index (χ0n) is 10.4. The Bertz CT molecular complexity index is 509. The third-order valence-electron chi connectivity index (χ3n) is 3.34. The van der Waals surface area contributed by atoms with Crippen molar-refractivity contribution in [1.29, 1.82) is 0 Å². The molecule has 1 aliphatic heterocycles. The smallest absolute Gasteiger partial charge is 0.257 e. The van der Waals surface area contributed by atoms with E-state index in [0.717, 1.165) is 0 Å². The number of nitrogens with zero attached hydrogens (tertiary/aromatic N) is 1. The molecule has 0 N–H and O–H groups in total. The fourth-order valence-electron chi connectivity index (χ4n) is 2.11. The lowest BCUT2D eigenvalue weighted by Crippen LogP contribution is -2.43. The van der Waals surface area contributed by atoms with Crippen molar-refractivity contribution in [3.63, 3.8) is 0 Å². The van der Waals surface area contributed by atoms with Crippen molar-refractivity contribution in [2.24, 2.45) is 0 Å². The summed E-state index contributed by atoms with van der Waals surface area (Å²) in [5.74, 6) is -3.86. The van der Waals surface area contributed by atoms with E-state index in [0.29, 0.717) is 10.0 Å². The highest BCUT2D eigenvalue weighted by atomic mass is 79.9. The topological polar surface area (TPSA) is 20.3 Å². The minimum Gasteiger partial charge on any atom is -0.338 e. The van der Waals surface area contributed by atoms with Crippen molar-refractivity contribution in [2.75, 3.05) is 13.1 Å². The van der Waals surface area contributed by atoms with Crippen LogP contribution in [0, 0.1) is 12.7 Å². The fourth-order valence-corrected chi connectivity index (χ4v) is 2.44. The van der Waals surface area contributed by atoms with Gasteiger partial charge in [-0.15, -0.1) is 0 Å². The first-order valence-corrected chi connectivity index (χ1v) is 6.73. The molecule has 1 fully saturated rings. The van der Waals surface area contributed by atoms with Gasteiger partial charge < -0.3 is 4.90 Å². The molecule has 0 aliphatic carbocycles. The van der Waals surface area contributed by atoms with E-state index in [4.69, 9.17) is 0 Å². The number of carbonyl (C=O) groups excluding carboxylic acids is 1. The van der Waals surface area contributed by atoms with Crippen LogP contribution in [-0.2, 0) is 0 Å². The fraction of sp³-hybridized carbons (Fsp3) is 0.462. The second kappa shape index (κ2) is 5.15. The van der Waals surface area contributed by atoms with Crippen LogP contribution in [0.5, 0.6) is 0 Å². The quantitative estimate of drug-likeness (QED) is 0.765. The van der Waals surface area contributed by atoms with Gasteiger partial charge in [-0.05, 0) is 24.6 Å². The number of halogens is 4. The van der Waals surface area contributed by atoms with Gasteiger partial charge in [-0.3, -0.25) is 4.79 Å². The van der Waals surface area contributed by atoms with E-state index in [-0.39, 0.29) is 31.5 Å². The molecule has 0 aromatic heterocycles. The molecular weight excluding hydrogens is 323 g/mol. The minimum atomic E-state index is -2.72. The van der Waals surface area contributed by atoms with Crippen LogP contribution in [0.2, 0.25) is 0 Å². The van der Waals surface area contributed by atoms with Crippen LogP contribution < -0.4 is 0 Å². The van der Waals surface area contributed by atoms with Gasteiger partial charge in [0.15, 0.2) is 0 Å². The zero-order chi connectivity index (χ0) is 14.2. The molecule has 1 amide bonds. The Hall–Kier alpha value is -1.04. The molecule has 1 saturated heterocycles. The molecule has 1 heterocycles. The van der Waals surface area contributed by atoms with Crippen molar-refractivity contribution >= 4 is 21.8 Å². The number of piperidine rings is 1. The van der Waals surface area contributed by atoms with Crippen LogP contribution in [0.15, 0.2) is 16.6 Å². The van der Waals surface area contributed by atoms with Crippen LogP contribution in [0.1, 0.15) is 28.8 Å². The van der Waals surface area contributed by atoms with Crippen LogP contribution in [0.3, 0.4) is 0 Å². The Labute approximate surface area is 117 Å². The molecule has 19 heavy (non-hydrogen) atoms. The van der Waals surface area contributed by atoms with E-state index in [9.17, 15) is 18.0 Å². The molecule has 0 atom stereocenters. The first-order valence-electron chi connectivity index (χ1n) is 5.93. The summed E-state index contributed by atoms with van der Waals surface area (Å²) in [6, 6.07) is 2.72. The van der Waals surface area contributed by atoms with Gasteiger partial charge in [0.25, 0.3) is 11.8 Å². The van der Waals surface area contributed by atoms with Crippen LogP contribution >= 0.6 is 15.9 Å². The van der Waals surface area contributed by atoms with E-state index >= 15 is 0 Å². The van der Waals surface area contributed by atoms with E-state index in [1.54, 1.807) is 6.92 Å². The zero-order valence-corrected chi connectivity index (χ0v) is 11.9. The summed E-state index contributed by atoms with van der Waals surface area (Å²) < 4.78 is 40.5. The van der Waals surface area contributed by atoms with Crippen LogP contribution in [0.25, 0.3) is 0 Å². The molecule has 1 aromatic rings. The lowest BCUT2D eigenvalue weighted by molar-refractivity contribution is -0.0494. The summed E-state index contributed by atoms with van der Waals surface area (Å²) in [5, 5.41) is 0. The number of benzene rings is 1. The lowest BCUT2D eigenvalue weighted by atomic mass is 10.0. The van der Waals surface area contributed by atoms with Crippen molar-refractivity contribution in [2.45, 2.75) is 25.7 Å². The molecule has 0 unspecified atom stereocenters. The molecule has 1 aromatic carbocycles. The van der Waals surface area contributed by atoms with Crippen molar-refractivity contribution in [3.8, 4) is 0 Å². The van der Waals surface area contributed by atoms with Gasteiger partial charge in [0, 0.05) is 30.4 Å². The summed E-state index contributed by atoms with van der Waals surface area (Å²) in [4.78, 5) is 13.5. The SMILES string of the molecule is Cc1c(Br)ccc(F)c1C(=O)N1CCC(F)(F)CC1. The molecule has 0 radical (unpaired) electrons. The number of alkyl halides is 2. The molecule has 6 heteroatoms. The third kappa shape index (κ3) is 2.94. The van der Waals surface area contributed by atoms with Gasteiger partial charge in [-0.2, -0.15) is 0 Å². The van der Waals surface area contributed by atoms with Gasteiger partial charge in [0.1, 0.15) is 5.82 Å². The Morgan fingerprint density at radius 2 is 1.89 bits per heavy atom. The molecule has 0 bridgehead atoms. The summed E-state index contributed by atoms with van der Waals surface area (Å²) >= 11 is 3.23. The Morgan fingerprint density at radius 3 is 2.47 bits per heavy atom. The van der Waals surface area contributed by atoms with E-state index < -0.39 is 17.6 Å². The van der Waals surface area contributed by atoms with Crippen LogP contribution in [-0.4, -0.2) is 29.8 Å². The van der Waals surface area contributed by atoms with Gasteiger partial charge >= 0.3 is 0 Å². The maximum absolute atomic E-state index is 13.8. The van der Waals surface area contributed by atoms with Crippen molar-refractivity contribution < 1.29 is 18.0 Å². The van der Waals surface area contributed by atoms with Gasteiger partial charge in [-0.1, -0.05) is 15.9 Å². The second-order valence-corrected chi connectivity index (χ2v) is 5.53. The van der Waals surface area contributed by atoms with Crippen molar-refractivity contribution in [1.82, 2.24) is 4.90 Å². The number of likely N-dealkylation sites (tertiary alicyclic amines) is 1. The molecule has 104 valence electrons. The number of hydrogen-bond donors (Lipinski definition) is 0. The molecule has 1 aliphatic rings. The normalized spacial score (nSPS) is 18.5. The summed E-state index contributed by atoms with van der Waals surface area (Å²) in [5.41, 5.74) is 0.446. The summed E-state index contributed by atoms with van der Waals surface area (Å²) in [6.45, 7) is 1.54. The maximum atomic E-state index is 13.8. The standard InChI is InChI=1S/C13H13BrF3NO/c1-8-9(14)2-3-10(15)11(8)12(19)18-6-4-13(16,17)5-7-18/h2-3H,4-7H2,1H3. The lowest BCUT2D eigenvalue weighted by Gasteiger charge is -2.32. The second-order valence-electron chi connectivity index (χ2n) is 4.68. The third-order valence-corrected chi connectivity index (χ3v) is 4.20. The minimum absolute atomic E-state index is 0.0420. The number of hydrogen-bond acceptors (Lipinski definition) is 1. The maximum Gasteiger partial charge on any atom is 0.257 e. The van der Waals surface area contributed by atoms with Crippen LogP contribution in [0.4, 0.5) is 13.2 Å². The average Bonchev–Trinajstić information content (AvgIpc) is 2.34. The van der Waals surface area contributed by atoms with Gasteiger partial charge in [0.05, 0.1) is 5.56 Å². The Morgan fingerprint density at radius 1 is 1.32 bits per heavy atom. The monoisotopic (exact) mass is 335 g/mol. The Balaban J connectivity index is 2.24. The molecule has 0 saturated carbocycles. The first-order chi connectivity index (χ1) is 8.82. The van der Waals surface area contributed by atoms with Crippen molar-refractivity contribution in [3.05, 3.63) is 33.5 Å². The molecule has 2 nitrogen and oxygen atoms in total. The predicted octanol–water partition coefficient (Wildman–Crippen LogP) is 3.77. The number of rotatable bonds is 1. The average molecular weight is 336 g/mol. The highest BCUT2D eigenvalue weighted by Crippen LogP contribution is 2.30. The molecular formula is C13H13BrF3NO. The van der Waals surface area contributed by atoms with Gasteiger partial charge in [-0.25, -0.2) is 13.2 Å². The van der Waals surface area contributed by atoms with Gasteiger partial charge in [0.2, 0.25) is 0 Å². The summed E-state index contributed by atoms with van der Waals surface area (Å²) in [7, 11) is 0. The van der Waals surface area contributed by atoms with E-state index in [1.165, 1.54) is 17.0 Å². The molecule has 0 spiro atoms. The largest absolute Gasteiger partial charge is 0.338 e. The van der Waals surface area contributed by atoms with E-state index in [1.807, 2.05) is 0 Å². The van der Waals surface area contributed by atoms with E-state index in [2.05, 4.69) is 15.9 Å². The summed E-state index contributed by atoms with van der Waals surface area (Å²) in [6.07, 6.45) is -0.735. The number of amides is 1. The number of carbonyl (C=O) groups is 1. The Kier molecular flexibility index (Phi) is 3.90. The highest BCUT2D eigenvalue weighted by Gasteiger charge is 2.36. The molecule has 2 rings (SSSR count). The first kappa shape index (κ1) is 14.4. The predicted molar refractivity (Wildman–Crippen MR) is 68.9 cm³/mol. The highest BCUT2D eigenvalue weighted by molar-refractivity contribution is 9.10.